The second-order valence-corrected chi connectivity index (χ2v) is 6.37. The van der Waals surface area contributed by atoms with Crippen LogP contribution in [0.1, 0.15) is 12.8 Å². The normalized spacial score (nSPS) is 20.6. The summed E-state index contributed by atoms with van der Waals surface area (Å²) in [6, 6.07) is 2.36. The van der Waals surface area contributed by atoms with Gasteiger partial charge < -0.3 is 4.74 Å². The number of methoxy groups -OCH3 is 1. The van der Waals surface area contributed by atoms with Crippen LogP contribution in [-0.2, 0) is 19.6 Å². The number of sulfonamides is 1. The highest BCUT2D eigenvalue weighted by molar-refractivity contribution is 7.89. The van der Waals surface area contributed by atoms with Gasteiger partial charge >= 0.3 is 5.97 Å². The molecule has 20 heavy (non-hydrogen) atoms. The van der Waals surface area contributed by atoms with E-state index in [1.54, 1.807) is 0 Å². The van der Waals surface area contributed by atoms with E-state index in [0.717, 1.165) is 10.4 Å². The molecule has 0 saturated carbocycles. The van der Waals surface area contributed by atoms with Crippen LogP contribution in [0.2, 0.25) is 0 Å². The Morgan fingerprint density at radius 3 is 2.95 bits per heavy atom. The molecular formula is C12H15FN2O4S. The summed E-state index contributed by atoms with van der Waals surface area (Å²) >= 11 is 0. The fourth-order valence-corrected chi connectivity index (χ4v) is 3.70. The highest BCUT2D eigenvalue weighted by Gasteiger charge is 2.35. The first kappa shape index (κ1) is 14.9. The number of aromatic nitrogens is 1. The van der Waals surface area contributed by atoms with Crippen molar-refractivity contribution in [3.8, 4) is 0 Å². The minimum atomic E-state index is -4.03. The summed E-state index contributed by atoms with van der Waals surface area (Å²) in [5.74, 6) is -1.87. The second-order valence-electron chi connectivity index (χ2n) is 4.52. The molecule has 1 aliphatic rings. The van der Waals surface area contributed by atoms with Gasteiger partial charge in [0.25, 0.3) is 10.0 Å². The predicted molar refractivity (Wildman–Crippen MR) is 67.7 cm³/mol. The van der Waals surface area contributed by atoms with Crippen LogP contribution in [0.15, 0.2) is 23.4 Å². The van der Waals surface area contributed by atoms with Gasteiger partial charge in [-0.25, -0.2) is 17.8 Å². The molecule has 0 amide bonds. The van der Waals surface area contributed by atoms with E-state index in [1.807, 2.05) is 0 Å². The number of hydrogen-bond donors (Lipinski definition) is 0. The van der Waals surface area contributed by atoms with Crippen LogP contribution in [-0.4, -0.2) is 43.9 Å². The summed E-state index contributed by atoms with van der Waals surface area (Å²) in [4.78, 5) is 15.1. The molecule has 0 unspecified atom stereocenters. The van der Waals surface area contributed by atoms with E-state index in [2.05, 4.69) is 9.72 Å². The zero-order chi connectivity index (χ0) is 14.8. The Kier molecular flexibility index (Phi) is 4.34. The molecule has 2 rings (SSSR count). The first-order valence-corrected chi connectivity index (χ1v) is 7.59. The van der Waals surface area contributed by atoms with Crippen LogP contribution in [0.3, 0.4) is 0 Å². The number of hydrogen-bond acceptors (Lipinski definition) is 5. The summed E-state index contributed by atoms with van der Waals surface area (Å²) in [5, 5.41) is -0.606. The molecule has 0 radical (unpaired) electrons. The number of rotatable bonds is 3. The van der Waals surface area contributed by atoms with Gasteiger partial charge in [-0.05, 0) is 25.0 Å². The summed E-state index contributed by atoms with van der Waals surface area (Å²) in [5.41, 5.74) is 0. The molecule has 110 valence electrons. The Balaban J connectivity index is 2.26. The van der Waals surface area contributed by atoms with Gasteiger partial charge in [-0.3, -0.25) is 4.79 Å². The largest absolute Gasteiger partial charge is 0.469 e. The van der Waals surface area contributed by atoms with Crippen LogP contribution in [0.5, 0.6) is 0 Å². The van der Waals surface area contributed by atoms with Gasteiger partial charge in [0.05, 0.1) is 13.0 Å². The van der Waals surface area contributed by atoms with E-state index in [-0.39, 0.29) is 13.1 Å². The van der Waals surface area contributed by atoms with E-state index in [4.69, 9.17) is 0 Å². The first-order chi connectivity index (χ1) is 9.46. The minimum absolute atomic E-state index is 0.00891. The van der Waals surface area contributed by atoms with Gasteiger partial charge in [0.15, 0.2) is 5.82 Å². The summed E-state index contributed by atoms with van der Waals surface area (Å²) in [6.07, 6.45) is 2.30. The van der Waals surface area contributed by atoms with Gasteiger partial charge in [-0.2, -0.15) is 4.31 Å². The zero-order valence-electron chi connectivity index (χ0n) is 11.0. The third-order valence-corrected chi connectivity index (χ3v) is 5.03. The fourth-order valence-electron chi connectivity index (χ4n) is 2.20. The van der Waals surface area contributed by atoms with Crippen LogP contribution in [0.4, 0.5) is 4.39 Å². The van der Waals surface area contributed by atoms with Crippen molar-refractivity contribution in [3.63, 3.8) is 0 Å². The number of carbonyl (C=O) groups is 1. The Morgan fingerprint density at radius 2 is 2.30 bits per heavy atom. The van der Waals surface area contributed by atoms with Crippen molar-refractivity contribution >= 4 is 16.0 Å². The molecule has 0 aliphatic carbocycles. The monoisotopic (exact) mass is 302 g/mol. The first-order valence-electron chi connectivity index (χ1n) is 6.15. The molecule has 1 aliphatic heterocycles. The number of piperidine rings is 1. The molecule has 1 atom stereocenters. The van der Waals surface area contributed by atoms with E-state index >= 15 is 0 Å². The summed E-state index contributed by atoms with van der Waals surface area (Å²) in [7, 11) is -2.77. The Hall–Kier alpha value is -1.54. The molecule has 6 nitrogen and oxygen atoms in total. The number of pyridine rings is 1. The van der Waals surface area contributed by atoms with Crippen molar-refractivity contribution in [1.29, 1.82) is 0 Å². The van der Waals surface area contributed by atoms with Crippen LogP contribution in [0, 0.1) is 11.7 Å². The third-order valence-electron chi connectivity index (χ3n) is 3.23. The van der Waals surface area contributed by atoms with E-state index < -0.39 is 32.8 Å². The Morgan fingerprint density at radius 1 is 1.55 bits per heavy atom. The lowest BCUT2D eigenvalue weighted by Crippen LogP contribution is -2.43. The Bertz CT molecular complexity index is 605. The van der Waals surface area contributed by atoms with Crippen molar-refractivity contribution in [1.82, 2.24) is 9.29 Å². The SMILES string of the molecule is COC(=O)[C@H]1CCCN(S(=O)(=O)c2ncccc2F)C1. The van der Waals surface area contributed by atoms with Gasteiger partial charge in [0, 0.05) is 19.3 Å². The van der Waals surface area contributed by atoms with E-state index in [9.17, 15) is 17.6 Å². The molecule has 1 fully saturated rings. The van der Waals surface area contributed by atoms with Crippen LogP contribution < -0.4 is 0 Å². The van der Waals surface area contributed by atoms with Crippen LogP contribution in [0.25, 0.3) is 0 Å². The van der Waals surface area contributed by atoms with Gasteiger partial charge in [-0.1, -0.05) is 0 Å². The molecule has 0 bridgehead atoms. The molecule has 1 aromatic heterocycles. The molecule has 1 aromatic rings. The molecule has 0 spiro atoms. The van der Waals surface area contributed by atoms with E-state index in [1.165, 1.54) is 19.4 Å². The molecule has 0 N–H and O–H groups in total. The maximum Gasteiger partial charge on any atom is 0.309 e. The van der Waals surface area contributed by atoms with Crippen molar-refractivity contribution < 1.29 is 22.3 Å². The number of nitrogens with zero attached hydrogens (tertiary/aromatic N) is 2. The molecule has 2 heterocycles. The third kappa shape index (κ3) is 2.80. The van der Waals surface area contributed by atoms with Crippen molar-refractivity contribution in [2.75, 3.05) is 20.2 Å². The quantitative estimate of drug-likeness (QED) is 0.772. The predicted octanol–water partition coefficient (Wildman–Crippen LogP) is 0.794. The summed E-state index contributed by atoms with van der Waals surface area (Å²) in [6.45, 7) is 0.233. The van der Waals surface area contributed by atoms with Crippen LogP contribution >= 0.6 is 0 Å². The molecule has 0 aromatic carbocycles. The molecule has 1 saturated heterocycles. The average molecular weight is 302 g/mol. The maximum absolute atomic E-state index is 13.6. The summed E-state index contributed by atoms with van der Waals surface area (Å²) < 4.78 is 44.0. The number of ether oxygens (including phenoxy) is 1. The minimum Gasteiger partial charge on any atom is -0.469 e. The lowest BCUT2D eigenvalue weighted by atomic mass is 10.0. The van der Waals surface area contributed by atoms with E-state index in [0.29, 0.717) is 12.8 Å². The maximum atomic E-state index is 13.6. The number of carbonyl (C=O) groups excluding carboxylic acids is 1. The van der Waals surface area contributed by atoms with Crippen molar-refractivity contribution in [3.05, 3.63) is 24.1 Å². The van der Waals surface area contributed by atoms with Gasteiger partial charge in [0.1, 0.15) is 0 Å². The smallest absolute Gasteiger partial charge is 0.309 e. The topological polar surface area (TPSA) is 76.6 Å². The zero-order valence-corrected chi connectivity index (χ0v) is 11.8. The highest BCUT2D eigenvalue weighted by Crippen LogP contribution is 2.24. The standard InChI is InChI=1S/C12H15FN2O4S/c1-19-12(16)9-4-3-7-15(8-9)20(17,18)11-10(13)5-2-6-14-11/h2,5-6,9H,3-4,7-8H2,1H3/t9-/m0/s1. The lowest BCUT2D eigenvalue weighted by molar-refractivity contribution is -0.146. The van der Waals surface area contributed by atoms with Gasteiger partial charge in [0.2, 0.25) is 5.03 Å². The fraction of sp³-hybridized carbons (Fsp3) is 0.500. The Labute approximate surface area is 116 Å². The number of halogens is 1. The number of esters is 1. The molecule has 8 heteroatoms. The van der Waals surface area contributed by atoms with Crippen molar-refractivity contribution in [2.24, 2.45) is 5.92 Å². The molecular weight excluding hydrogens is 287 g/mol. The highest BCUT2D eigenvalue weighted by atomic mass is 32.2. The average Bonchev–Trinajstić information content (AvgIpc) is 2.47. The second kappa shape index (κ2) is 5.84. The van der Waals surface area contributed by atoms with Crippen molar-refractivity contribution in [2.45, 2.75) is 17.9 Å². The van der Waals surface area contributed by atoms with Gasteiger partial charge in [-0.15, -0.1) is 0 Å². The lowest BCUT2D eigenvalue weighted by Gasteiger charge is -2.30.